The van der Waals surface area contributed by atoms with Crippen LogP contribution >= 0.6 is 0 Å². The monoisotopic (exact) mass is 362 g/mol. The Morgan fingerprint density at radius 1 is 1.07 bits per heavy atom. The Balaban J connectivity index is 1.57. The maximum Gasteiger partial charge on any atom is 0.137 e. The van der Waals surface area contributed by atoms with E-state index in [4.69, 9.17) is 14.2 Å². The number of benzene rings is 2. The van der Waals surface area contributed by atoms with Gasteiger partial charge >= 0.3 is 0 Å². The van der Waals surface area contributed by atoms with Crippen LogP contribution in [-0.4, -0.2) is 18.8 Å². The normalized spacial score (nSPS) is 16.5. The van der Waals surface area contributed by atoms with Gasteiger partial charge in [-0.05, 0) is 73.9 Å². The summed E-state index contributed by atoms with van der Waals surface area (Å²) < 4.78 is 17.9. The molecular formula is C24H26O3. The van der Waals surface area contributed by atoms with E-state index in [-0.39, 0.29) is 5.60 Å². The fraction of sp³-hybridized carbons (Fsp3) is 0.333. The summed E-state index contributed by atoms with van der Waals surface area (Å²) in [4.78, 5) is 0. The predicted molar refractivity (Wildman–Crippen MR) is 110 cm³/mol. The van der Waals surface area contributed by atoms with Crippen molar-refractivity contribution in [3.8, 4) is 17.2 Å². The maximum absolute atomic E-state index is 6.14. The maximum atomic E-state index is 6.14. The Morgan fingerprint density at radius 3 is 2.67 bits per heavy atom. The minimum atomic E-state index is -0.280. The third-order valence-corrected chi connectivity index (χ3v) is 4.90. The van der Waals surface area contributed by atoms with Crippen LogP contribution in [-0.2, 0) is 0 Å². The van der Waals surface area contributed by atoms with Gasteiger partial charge in [0.1, 0.15) is 29.5 Å². The molecule has 0 fully saturated rings. The van der Waals surface area contributed by atoms with Crippen LogP contribution in [0.15, 0.2) is 42.5 Å². The summed E-state index contributed by atoms with van der Waals surface area (Å²) in [5, 5.41) is 0. The van der Waals surface area contributed by atoms with Gasteiger partial charge in [-0.2, -0.15) is 0 Å². The van der Waals surface area contributed by atoms with E-state index in [9.17, 15) is 0 Å². The lowest BCUT2D eigenvalue weighted by atomic mass is 9.96. The molecule has 2 aromatic carbocycles. The molecule has 2 aromatic rings. The van der Waals surface area contributed by atoms with Gasteiger partial charge in [-0.15, -0.1) is 0 Å². The van der Waals surface area contributed by atoms with Crippen LogP contribution in [0, 0.1) is 0 Å². The molecule has 3 nitrogen and oxygen atoms in total. The smallest absolute Gasteiger partial charge is 0.137 e. The zero-order valence-corrected chi connectivity index (χ0v) is 16.2. The van der Waals surface area contributed by atoms with Crippen molar-refractivity contribution >= 4 is 17.7 Å². The minimum Gasteiger partial charge on any atom is -0.494 e. The molecule has 0 unspecified atom stereocenters. The second-order valence-corrected chi connectivity index (χ2v) is 7.62. The molecule has 140 valence electrons. The molecule has 0 atom stereocenters. The highest BCUT2D eigenvalue weighted by Crippen LogP contribution is 2.42. The van der Waals surface area contributed by atoms with E-state index < -0.39 is 0 Å². The molecule has 0 aliphatic carbocycles. The highest BCUT2D eigenvalue weighted by Gasteiger charge is 2.26. The number of hydrogen-bond donors (Lipinski definition) is 0. The standard InChI is InChI=1S/C24H26O3/c1-4-5-14-25-20-9-6-17(7-10-20)19-15-18-8-11-22-21(23(18)26-16-19)12-13-24(2,3)27-22/h6-13,15H,4-5,14,16H2,1-3H3. The highest BCUT2D eigenvalue weighted by molar-refractivity contribution is 5.88. The van der Waals surface area contributed by atoms with Crippen molar-refractivity contribution < 1.29 is 14.2 Å². The van der Waals surface area contributed by atoms with Gasteiger partial charge in [0.15, 0.2) is 0 Å². The number of rotatable bonds is 5. The average molecular weight is 362 g/mol. The fourth-order valence-electron chi connectivity index (χ4n) is 3.37. The first-order valence-electron chi connectivity index (χ1n) is 9.67. The Kier molecular flexibility index (Phi) is 4.69. The predicted octanol–water partition coefficient (Wildman–Crippen LogP) is 5.98. The van der Waals surface area contributed by atoms with E-state index in [1.165, 1.54) is 5.57 Å². The fourth-order valence-corrected chi connectivity index (χ4v) is 3.37. The molecule has 3 heteroatoms. The third kappa shape index (κ3) is 3.73. The minimum absolute atomic E-state index is 0.280. The molecule has 27 heavy (non-hydrogen) atoms. The van der Waals surface area contributed by atoms with Crippen LogP contribution in [0.1, 0.15) is 50.3 Å². The number of unbranched alkanes of at least 4 members (excludes halogenated alkanes) is 1. The second kappa shape index (κ2) is 7.15. The Morgan fingerprint density at radius 2 is 1.89 bits per heavy atom. The van der Waals surface area contributed by atoms with Gasteiger partial charge in [0.05, 0.1) is 12.2 Å². The summed E-state index contributed by atoms with van der Waals surface area (Å²) in [6.45, 7) is 7.60. The van der Waals surface area contributed by atoms with Gasteiger partial charge in [-0.1, -0.05) is 25.5 Å². The van der Waals surface area contributed by atoms with Crippen LogP contribution in [0.2, 0.25) is 0 Å². The summed E-state index contributed by atoms with van der Waals surface area (Å²) in [5.41, 5.74) is 4.17. The summed E-state index contributed by atoms with van der Waals surface area (Å²) in [6, 6.07) is 12.4. The Bertz CT molecular complexity index is 889. The van der Waals surface area contributed by atoms with E-state index in [0.29, 0.717) is 6.61 Å². The summed E-state index contributed by atoms with van der Waals surface area (Å²) in [6.07, 6.45) is 8.62. The Labute approximate surface area is 161 Å². The first-order chi connectivity index (χ1) is 13.1. The van der Waals surface area contributed by atoms with Crippen molar-refractivity contribution in [2.75, 3.05) is 13.2 Å². The van der Waals surface area contributed by atoms with Crippen molar-refractivity contribution in [2.24, 2.45) is 0 Å². The summed E-state index contributed by atoms with van der Waals surface area (Å²) >= 11 is 0. The average Bonchev–Trinajstić information content (AvgIpc) is 2.67. The van der Waals surface area contributed by atoms with Crippen molar-refractivity contribution in [2.45, 2.75) is 39.2 Å². The van der Waals surface area contributed by atoms with Gasteiger partial charge in [-0.25, -0.2) is 0 Å². The summed E-state index contributed by atoms with van der Waals surface area (Å²) in [5.74, 6) is 2.71. The zero-order valence-electron chi connectivity index (χ0n) is 16.2. The molecule has 0 bridgehead atoms. The second-order valence-electron chi connectivity index (χ2n) is 7.62. The molecule has 2 heterocycles. The topological polar surface area (TPSA) is 27.7 Å². The third-order valence-electron chi connectivity index (χ3n) is 4.90. The van der Waals surface area contributed by atoms with Crippen molar-refractivity contribution in [3.63, 3.8) is 0 Å². The largest absolute Gasteiger partial charge is 0.494 e. The van der Waals surface area contributed by atoms with Crippen molar-refractivity contribution in [1.82, 2.24) is 0 Å². The molecule has 0 saturated heterocycles. The van der Waals surface area contributed by atoms with Gasteiger partial charge in [0, 0.05) is 5.56 Å². The van der Waals surface area contributed by atoms with E-state index in [0.717, 1.165) is 53.4 Å². The van der Waals surface area contributed by atoms with Crippen molar-refractivity contribution in [1.29, 1.82) is 0 Å². The molecule has 0 N–H and O–H groups in total. The molecular weight excluding hydrogens is 336 g/mol. The first kappa shape index (κ1) is 17.7. The quantitative estimate of drug-likeness (QED) is 0.612. The first-order valence-corrected chi connectivity index (χ1v) is 9.67. The van der Waals surface area contributed by atoms with Crippen LogP contribution in [0.25, 0.3) is 17.7 Å². The molecule has 0 saturated carbocycles. The lowest BCUT2D eigenvalue weighted by Gasteiger charge is -2.30. The molecule has 0 amide bonds. The van der Waals surface area contributed by atoms with Gasteiger partial charge in [0.2, 0.25) is 0 Å². The van der Waals surface area contributed by atoms with Crippen LogP contribution < -0.4 is 14.2 Å². The van der Waals surface area contributed by atoms with E-state index in [1.807, 2.05) is 18.2 Å². The van der Waals surface area contributed by atoms with Crippen LogP contribution in [0.3, 0.4) is 0 Å². The van der Waals surface area contributed by atoms with Crippen LogP contribution in [0.5, 0.6) is 17.2 Å². The molecule has 2 aliphatic heterocycles. The molecule has 4 rings (SSSR count). The lowest BCUT2D eigenvalue weighted by Crippen LogP contribution is -2.27. The molecule has 0 radical (unpaired) electrons. The zero-order chi connectivity index (χ0) is 18.9. The highest BCUT2D eigenvalue weighted by atomic mass is 16.5. The van der Waals surface area contributed by atoms with Gasteiger partial charge in [-0.3, -0.25) is 0 Å². The number of hydrogen-bond acceptors (Lipinski definition) is 3. The Hall–Kier alpha value is -2.68. The molecule has 2 aliphatic rings. The summed E-state index contributed by atoms with van der Waals surface area (Å²) in [7, 11) is 0. The van der Waals surface area contributed by atoms with Gasteiger partial charge < -0.3 is 14.2 Å². The lowest BCUT2D eigenvalue weighted by molar-refractivity contribution is 0.158. The van der Waals surface area contributed by atoms with Gasteiger partial charge in [0.25, 0.3) is 0 Å². The van der Waals surface area contributed by atoms with Crippen LogP contribution in [0.4, 0.5) is 0 Å². The number of ether oxygens (including phenoxy) is 3. The van der Waals surface area contributed by atoms with E-state index >= 15 is 0 Å². The molecule has 0 aromatic heterocycles. The van der Waals surface area contributed by atoms with Crippen molar-refractivity contribution in [3.05, 3.63) is 59.2 Å². The van der Waals surface area contributed by atoms with E-state index in [1.54, 1.807) is 0 Å². The van der Waals surface area contributed by atoms with E-state index in [2.05, 4.69) is 57.2 Å². The number of fused-ring (bicyclic) bond motifs is 3. The SMILES string of the molecule is CCCCOc1ccc(C2=Cc3ccc4c(c3OC2)C=CC(C)(C)O4)cc1. The molecule has 0 spiro atoms.